The molecule has 0 spiro atoms. The third kappa shape index (κ3) is 2.46. The summed E-state index contributed by atoms with van der Waals surface area (Å²) in [7, 11) is 1.77. The molecule has 1 aromatic carbocycles. The van der Waals surface area contributed by atoms with Gasteiger partial charge in [0.1, 0.15) is 5.82 Å². The largest absolute Gasteiger partial charge is 0.381 e. The van der Waals surface area contributed by atoms with Gasteiger partial charge >= 0.3 is 0 Å². The lowest BCUT2D eigenvalue weighted by Crippen LogP contribution is -2.49. The molecule has 1 aliphatic heterocycles. The Labute approximate surface area is 118 Å². The Hall–Kier alpha value is -1.72. The summed E-state index contributed by atoms with van der Waals surface area (Å²) in [4.78, 5) is 11.5. The maximum absolute atomic E-state index is 5.92. The molecule has 2 atom stereocenters. The van der Waals surface area contributed by atoms with Crippen LogP contribution in [0.4, 0.5) is 5.82 Å². The molecule has 0 saturated carbocycles. The molecular formula is C15H20N4O. The maximum atomic E-state index is 5.92. The van der Waals surface area contributed by atoms with E-state index in [2.05, 4.69) is 9.88 Å². The van der Waals surface area contributed by atoms with Gasteiger partial charge < -0.3 is 15.4 Å². The zero-order chi connectivity index (χ0) is 13.9. The fourth-order valence-electron chi connectivity index (χ4n) is 2.84. The highest BCUT2D eigenvalue weighted by atomic mass is 16.5. The van der Waals surface area contributed by atoms with Crippen molar-refractivity contribution < 1.29 is 4.74 Å². The van der Waals surface area contributed by atoms with Crippen LogP contribution in [-0.2, 0) is 4.74 Å². The van der Waals surface area contributed by atoms with Gasteiger partial charge in [-0.25, -0.2) is 4.98 Å². The monoisotopic (exact) mass is 272 g/mol. The van der Waals surface area contributed by atoms with Crippen LogP contribution in [0.5, 0.6) is 0 Å². The topological polar surface area (TPSA) is 64.3 Å². The van der Waals surface area contributed by atoms with Crippen molar-refractivity contribution in [1.82, 2.24) is 9.97 Å². The van der Waals surface area contributed by atoms with Crippen molar-refractivity contribution >= 4 is 16.9 Å². The molecular weight excluding hydrogens is 252 g/mol. The molecule has 1 saturated heterocycles. The van der Waals surface area contributed by atoms with Gasteiger partial charge in [-0.2, -0.15) is 0 Å². The highest BCUT2D eigenvalue weighted by Gasteiger charge is 2.28. The first-order chi connectivity index (χ1) is 9.81. The molecule has 0 radical (unpaired) electrons. The van der Waals surface area contributed by atoms with Gasteiger partial charge in [0.15, 0.2) is 0 Å². The van der Waals surface area contributed by atoms with Crippen LogP contribution in [0.2, 0.25) is 0 Å². The quantitative estimate of drug-likeness (QED) is 0.919. The van der Waals surface area contributed by atoms with Gasteiger partial charge in [0.2, 0.25) is 0 Å². The Balaban J connectivity index is 1.89. The molecule has 20 heavy (non-hydrogen) atoms. The Morgan fingerprint density at radius 1 is 1.35 bits per heavy atom. The van der Waals surface area contributed by atoms with E-state index >= 15 is 0 Å². The fraction of sp³-hybridized carbons (Fsp3) is 0.467. The first-order valence-corrected chi connectivity index (χ1v) is 7.03. The molecule has 3 rings (SSSR count). The number of nitrogens with two attached hydrogens (primary N) is 1. The summed E-state index contributed by atoms with van der Waals surface area (Å²) < 4.78 is 5.46. The van der Waals surface area contributed by atoms with E-state index in [1.807, 2.05) is 30.5 Å². The number of rotatable bonds is 3. The van der Waals surface area contributed by atoms with Crippen LogP contribution in [0.15, 0.2) is 30.5 Å². The van der Waals surface area contributed by atoms with E-state index < -0.39 is 0 Å². The molecule has 0 bridgehead atoms. The van der Waals surface area contributed by atoms with Crippen molar-refractivity contribution in [2.75, 3.05) is 25.1 Å². The average Bonchev–Trinajstić information content (AvgIpc) is 2.53. The second-order valence-corrected chi connectivity index (χ2v) is 5.18. The number of para-hydroxylation sites is 2. The van der Waals surface area contributed by atoms with Crippen LogP contribution >= 0.6 is 0 Å². The van der Waals surface area contributed by atoms with Crippen molar-refractivity contribution in [2.24, 2.45) is 5.73 Å². The number of methoxy groups -OCH3 is 1. The van der Waals surface area contributed by atoms with Crippen molar-refractivity contribution in [3.05, 3.63) is 30.5 Å². The van der Waals surface area contributed by atoms with E-state index in [9.17, 15) is 0 Å². The fourth-order valence-corrected chi connectivity index (χ4v) is 2.84. The minimum absolute atomic E-state index is 0.268. The van der Waals surface area contributed by atoms with Crippen molar-refractivity contribution in [3.8, 4) is 0 Å². The maximum Gasteiger partial charge on any atom is 0.148 e. The summed E-state index contributed by atoms with van der Waals surface area (Å²) in [6.45, 7) is 1.52. The first kappa shape index (κ1) is 13.3. The SMILES string of the molecule is COC1CCN(c2cnc3ccccc3n2)C(CN)C1. The molecule has 5 nitrogen and oxygen atoms in total. The Morgan fingerprint density at radius 2 is 2.15 bits per heavy atom. The molecule has 0 amide bonds. The standard InChI is InChI=1S/C15H20N4O/c1-20-12-6-7-19(11(8-12)9-16)15-10-17-13-4-2-3-5-14(13)18-15/h2-5,10-12H,6-9,16H2,1H3. The molecule has 2 N–H and O–H groups in total. The van der Waals surface area contributed by atoms with E-state index in [1.165, 1.54) is 0 Å². The molecule has 0 aliphatic carbocycles. The Morgan fingerprint density at radius 3 is 2.90 bits per heavy atom. The summed E-state index contributed by atoms with van der Waals surface area (Å²) in [6.07, 6.45) is 4.09. The van der Waals surface area contributed by atoms with E-state index in [4.69, 9.17) is 15.5 Å². The summed E-state index contributed by atoms with van der Waals surface area (Å²) >= 11 is 0. The normalized spacial score (nSPS) is 23.2. The number of fused-ring (bicyclic) bond motifs is 1. The van der Waals surface area contributed by atoms with Crippen LogP contribution in [0.25, 0.3) is 11.0 Å². The lowest BCUT2D eigenvalue weighted by Gasteiger charge is -2.39. The van der Waals surface area contributed by atoms with E-state index in [0.29, 0.717) is 12.6 Å². The lowest BCUT2D eigenvalue weighted by molar-refractivity contribution is 0.0708. The van der Waals surface area contributed by atoms with Crippen molar-refractivity contribution in [2.45, 2.75) is 25.0 Å². The second kappa shape index (κ2) is 5.73. The minimum Gasteiger partial charge on any atom is -0.381 e. The van der Waals surface area contributed by atoms with Crippen LogP contribution in [-0.4, -0.2) is 42.3 Å². The van der Waals surface area contributed by atoms with Crippen LogP contribution in [0, 0.1) is 0 Å². The Bertz CT molecular complexity index is 589. The number of aromatic nitrogens is 2. The molecule has 1 aromatic heterocycles. The summed E-state index contributed by atoms with van der Waals surface area (Å²) in [5.74, 6) is 0.911. The van der Waals surface area contributed by atoms with E-state index in [-0.39, 0.29) is 6.04 Å². The predicted molar refractivity (Wildman–Crippen MR) is 79.8 cm³/mol. The first-order valence-electron chi connectivity index (χ1n) is 7.03. The molecule has 2 aromatic rings. The average molecular weight is 272 g/mol. The lowest BCUT2D eigenvalue weighted by atomic mass is 9.99. The number of ether oxygens (including phenoxy) is 1. The van der Waals surface area contributed by atoms with Gasteiger partial charge in [-0.1, -0.05) is 12.1 Å². The molecule has 5 heteroatoms. The van der Waals surface area contributed by atoms with Crippen molar-refractivity contribution in [1.29, 1.82) is 0 Å². The number of piperidine rings is 1. The summed E-state index contributed by atoms with van der Waals surface area (Å²) in [5.41, 5.74) is 7.76. The Kier molecular flexibility index (Phi) is 3.80. The van der Waals surface area contributed by atoms with Crippen molar-refractivity contribution in [3.63, 3.8) is 0 Å². The van der Waals surface area contributed by atoms with Crippen LogP contribution in [0.3, 0.4) is 0 Å². The van der Waals surface area contributed by atoms with Gasteiger partial charge in [0.25, 0.3) is 0 Å². The number of hydrogen-bond donors (Lipinski definition) is 1. The third-order valence-electron chi connectivity index (χ3n) is 4.00. The molecule has 2 unspecified atom stereocenters. The zero-order valence-electron chi connectivity index (χ0n) is 11.7. The number of hydrogen-bond acceptors (Lipinski definition) is 5. The predicted octanol–water partition coefficient (Wildman–Crippen LogP) is 1.57. The number of benzene rings is 1. The van der Waals surface area contributed by atoms with Crippen LogP contribution < -0.4 is 10.6 Å². The van der Waals surface area contributed by atoms with Gasteiger partial charge in [0.05, 0.1) is 23.3 Å². The highest BCUT2D eigenvalue weighted by Crippen LogP contribution is 2.25. The minimum atomic E-state index is 0.268. The summed E-state index contributed by atoms with van der Waals surface area (Å²) in [5, 5.41) is 0. The smallest absolute Gasteiger partial charge is 0.148 e. The summed E-state index contributed by atoms with van der Waals surface area (Å²) in [6, 6.07) is 8.20. The van der Waals surface area contributed by atoms with E-state index in [0.717, 1.165) is 36.2 Å². The van der Waals surface area contributed by atoms with Gasteiger partial charge in [-0.05, 0) is 25.0 Å². The highest BCUT2D eigenvalue weighted by molar-refractivity contribution is 5.75. The zero-order valence-corrected chi connectivity index (χ0v) is 11.7. The van der Waals surface area contributed by atoms with Gasteiger partial charge in [-0.15, -0.1) is 0 Å². The van der Waals surface area contributed by atoms with E-state index in [1.54, 1.807) is 7.11 Å². The number of nitrogens with zero attached hydrogens (tertiary/aromatic N) is 3. The molecule has 2 heterocycles. The number of anilines is 1. The second-order valence-electron chi connectivity index (χ2n) is 5.18. The molecule has 106 valence electrons. The molecule has 1 fully saturated rings. The third-order valence-corrected chi connectivity index (χ3v) is 4.00. The molecule has 1 aliphatic rings. The van der Waals surface area contributed by atoms with Gasteiger partial charge in [0, 0.05) is 26.2 Å². The van der Waals surface area contributed by atoms with Gasteiger partial charge in [-0.3, -0.25) is 4.98 Å². The van der Waals surface area contributed by atoms with Crippen LogP contribution in [0.1, 0.15) is 12.8 Å².